The van der Waals surface area contributed by atoms with Crippen molar-refractivity contribution in [3.8, 4) is 5.75 Å². The Morgan fingerprint density at radius 3 is 2.73 bits per heavy atom. The standard InChI is InChI=1S/C23H21N3O6S/c1-2-31-17-8-5-15(6-9-17)24-23(28)22-19-12-16(26(29)30)7-10-20(19)33-14-21(27)25(22)13-18-4-3-11-32-18/h3-12,22H,2,13-14H2,1H3,(H,24,28). The number of nitro groups is 1. The molecule has 1 aliphatic rings. The summed E-state index contributed by atoms with van der Waals surface area (Å²) in [6, 6.07) is 13.5. The third kappa shape index (κ3) is 5.01. The van der Waals surface area contributed by atoms with E-state index < -0.39 is 16.9 Å². The number of carbonyl (C=O) groups excluding carboxylic acids is 2. The minimum atomic E-state index is -1.08. The van der Waals surface area contributed by atoms with Gasteiger partial charge in [0.25, 0.3) is 11.6 Å². The van der Waals surface area contributed by atoms with E-state index in [1.165, 1.54) is 35.1 Å². The highest BCUT2D eigenvalue weighted by atomic mass is 32.2. The Morgan fingerprint density at radius 2 is 2.06 bits per heavy atom. The Bertz CT molecular complexity index is 1160. The first-order chi connectivity index (χ1) is 16.0. The van der Waals surface area contributed by atoms with Crippen molar-refractivity contribution in [1.29, 1.82) is 0 Å². The van der Waals surface area contributed by atoms with Crippen molar-refractivity contribution < 1.29 is 23.7 Å². The summed E-state index contributed by atoms with van der Waals surface area (Å²) < 4.78 is 10.8. The van der Waals surface area contributed by atoms with Crippen LogP contribution in [-0.4, -0.2) is 34.0 Å². The monoisotopic (exact) mass is 467 g/mol. The van der Waals surface area contributed by atoms with E-state index in [2.05, 4.69) is 5.32 Å². The smallest absolute Gasteiger partial charge is 0.269 e. The molecule has 3 aromatic rings. The van der Waals surface area contributed by atoms with Crippen molar-refractivity contribution in [3.05, 3.63) is 82.3 Å². The Hall–Kier alpha value is -3.79. The molecule has 0 spiro atoms. The first kappa shape index (κ1) is 22.4. The zero-order valence-electron chi connectivity index (χ0n) is 17.7. The summed E-state index contributed by atoms with van der Waals surface area (Å²) >= 11 is 1.25. The largest absolute Gasteiger partial charge is 0.494 e. The summed E-state index contributed by atoms with van der Waals surface area (Å²) in [7, 11) is 0. The van der Waals surface area contributed by atoms with E-state index >= 15 is 0 Å². The van der Waals surface area contributed by atoms with Gasteiger partial charge < -0.3 is 19.4 Å². The number of benzene rings is 2. The van der Waals surface area contributed by atoms with Gasteiger partial charge in [-0.15, -0.1) is 11.8 Å². The minimum Gasteiger partial charge on any atom is -0.494 e. The molecule has 0 bridgehead atoms. The number of carbonyl (C=O) groups is 2. The maximum Gasteiger partial charge on any atom is 0.269 e. The second-order valence-electron chi connectivity index (χ2n) is 7.22. The maximum absolute atomic E-state index is 13.5. The van der Waals surface area contributed by atoms with Crippen LogP contribution in [0, 0.1) is 10.1 Å². The second kappa shape index (κ2) is 9.78. The number of nitrogens with zero attached hydrogens (tertiary/aromatic N) is 2. The van der Waals surface area contributed by atoms with Crippen LogP contribution in [0.3, 0.4) is 0 Å². The van der Waals surface area contributed by atoms with Gasteiger partial charge in [0.1, 0.15) is 17.6 Å². The number of anilines is 1. The van der Waals surface area contributed by atoms with Crippen LogP contribution < -0.4 is 10.1 Å². The van der Waals surface area contributed by atoms with Gasteiger partial charge in [-0.05, 0) is 49.4 Å². The molecule has 1 aliphatic heterocycles. The van der Waals surface area contributed by atoms with Crippen LogP contribution in [0.25, 0.3) is 0 Å². The average Bonchev–Trinajstić information content (AvgIpc) is 3.27. The predicted molar refractivity (Wildman–Crippen MR) is 122 cm³/mol. The van der Waals surface area contributed by atoms with Crippen LogP contribution in [0.5, 0.6) is 5.75 Å². The number of fused-ring (bicyclic) bond motifs is 1. The molecule has 1 aromatic heterocycles. The number of nitrogens with one attached hydrogen (secondary N) is 1. The van der Waals surface area contributed by atoms with Crippen molar-refractivity contribution in [2.24, 2.45) is 0 Å². The van der Waals surface area contributed by atoms with Crippen molar-refractivity contribution >= 4 is 35.0 Å². The molecule has 2 aromatic carbocycles. The van der Waals surface area contributed by atoms with E-state index in [1.54, 1.807) is 42.5 Å². The summed E-state index contributed by atoms with van der Waals surface area (Å²) in [6.45, 7) is 2.45. The van der Waals surface area contributed by atoms with E-state index in [4.69, 9.17) is 9.15 Å². The maximum atomic E-state index is 13.5. The van der Waals surface area contributed by atoms with E-state index in [0.717, 1.165) is 0 Å². The number of amides is 2. The van der Waals surface area contributed by atoms with Gasteiger partial charge in [0, 0.05) is 28.3 Å². The van der Waals surface area contributed by atoms with Gasteiger partial charge in [-0.3, -0.25) is 19.7 Å². The fourth-order valence-electron chi connectivity index (χ4n) is 3.57. The quantitative estimate of drug-likeness (QED) is 0.404. The third-order valence-corrected chi connectivity index (χ3v) is 6.14. The molecule has 33 heavy (non-hydrogen) atoms. The van der Waals surface area contributed by atoms with E-state index in [0.29, 0.717) is 34.3 Å². The Balaban J connectivity index is 1.72. The molecule has 0 aliphatic carbocycles. The summed E-state index contributed by atoms with van der Waals surface area (Å²) in [4.78, 5) is 39.5. The summed E-state index contributed by atoms with van der Waals surface area (Å²) in [5, 5.41) is 14.2. The van der Waals surface area contributed by atoms with Crippen molar-refractivity contribution in [1.82, 2.24) is 4.90 Å². The summed E-state index contributed by atoms with van der Waals surface area (Å²) in [5.74, 6) is 0.502. The van der Waals surface area contributed by atoms with Crippen LogP contribution in [-0.2, 0) is 16.1 Å². The van der Waals surface area contributed by atoms with Crippen LogP contribution in [0.1, 0.15) is 24.3 Å². The fraction of sp³-hybridized carbons (Fsp3) is 0.217. The number of non-ortho nitro benzene ring substituents is 1. The first-order valence-electron chi connectivity index (χ1n) is 10.2. The second-order valence-corrected chi connectivity index (χ2v) is 8.24. The Morgan fingerprint density at radius 1 is 1.27 bits per heavy atom. The molecule has 1 unspecified atom stereocenters. The zero-order chi connectivity index (χ0) is 23.4. The van der Waals surface area contributed by atoms with Gasteiger partial charge in [0.05, 0.1) is 30.1 Å². The lowest BCUT2D eigenvalue weighted by Gasteiger charge is -2.29. The van der Waals surface area contributed by atoms with Gasteiger partial charge >= 0.3 is 0 Å². The molecule has 0 saturated heterocycles. The molecular formula is C23H21N3O6S. The molecule has 0 fully saturated rings. The number of rotatable bonds is 7. The van der Waals surface area contributed by atoms with E-state index in [1.807, 2.05) is 6.92 Å². The number of furan rings is 1. The van der Waals surface area contributed by atoms with Gasteiger partial charge in [0.15, 0.2) is 0 Å². The highest BCUT2D eigenvalue weighted by Crippen LogP contribution is 2.38. The van der Waals surface area contributed by atoms with Gasteiger partial charge in [-0.2, -0.15) is 0 Å². The topological polar surface area (TPSA) is 115 Å². The highest BCUT2D eigenvalue weighted by Gasteiger charge is 2.37. The molecule has 4 rings (SSSR count). The van der Waals surface area contributed by atoms with Crippen molar-refractivity contribution in [3.63, 3.8) is 0 Å². The van der Waals surface area contributed by atoms with Crippen molar-refractivity contribution in [2.45, 2.75) is 24.4 Å². The highest BCUT2D eigenvalue weighted by molar-refractivity contribution is 8.00. The molecule has 2 amide bonds. The molecule has 10 heteroatoms. The summed E-state index contributed by atoms with van der Waals surface area (Å²) in [6.07, 6.45) is 1.49. The Kier molecular flexibility index (Phi) is 6.64. The Labute approximate surface area is 193 Å². The van der Waals surface area contributed by atoms with Crippen LogP contribution in [0.15, 0.2) is 70.2 Å². The van der Waals surface area contributed by atoms with Crippen LogP contribution >= 0.6 is 11.8 Å². The number of nitro benzene ring substituents is 1. The van der Waals surface area contributed by atoms with E-state index in [-0.39, 0.29) is 23.9 Å². The number of thioether (sulfide) groups is 1. The number of hydrogen-bond acceptors (Lipinski definition) is 7. The molecular weight excluding hydrogens is 446 g/mol. The summed E-state index contributed by atoms with van der Waals surface area (Å²) in [5.41, 5.74) is 0.758. The molecule has 0 saturated carbocycles. The SMILES string of the molecule is CCOc1ccc(NC(=O)C2c3cc([N+](=O)[O-])ccc3SCC(=O)N2Cc2ccco2)cc1. The predicted octanol–water partition coefficient (Wildman–Crippen LogP) is 4.40. The fourth-order valence-corrected chi connectivity index (χ4v) is 4.52. The lowest BCUT2D eigenvalue weighted by atomic mass is 10.0. The van der Waals surface area contributed by atoms with Gasteiger partial charge in [-0.1, -0.05) is 0 Å². The van der Waals surface area contributed by atoms with Gasteiger partial charge in [0.2, 0.25) is 5.91 Å². The average molecular weight is 468 g/mol. The number of ether oxygens (including phenoxy) is 1. The molecule has 1 N–H and O–H groups in total. The van der Waals surface area contributed by atoms with Crippen LogP contribution in [0.4, 0.5) is 11.4 Å². The lowest BCUT2D eigenvalue weighted by Crippen LogP contribution is -2.40. The van der Waals surface area contributed by atoms with Gasteiger partial charge in [-0.25, -0.2) is 0 Å². The van der Waals surface area contributed by atoms with Crippen LogP contribution in [0.2, 0.25) is 0 Å². The normalized spacial score (nSPS) is 15.5. The van der Waals surface area contributed by atoms with E-state index in [9.17, 15) is 19.7 Å². The zero-order valence-corrected chi connectivity index (χ0v) is 18.5. The molecule has 1 atom stereocenters. The molecule has 9 nitrogen and oxygen atoms in total. The molecule has 170 valence electrons. The lowest BCUT2D eigenvalue weighted by molar-refractivity contribution is -0.385. The minimum absolute atomic E-state index is 0.0515. The molecule has 2 heterocycles. The first-order valence-corrected chi connectivity index (χ1v) is 11.2. The van der Waals surface area contributed by atoms with Crippen molar-refractivity contribution in [2.75, 3.05) is 17.7 Å². The third-order valence-electron chi connectivity index (χ3n) is 5.07. The number of hydrogen-bond donors (Lipinski definition) is 1. The molecule has 0 radical (unpaired) electrons.